The zero-order valence-electron chi connectivity index (χ0n) is 12.8. The molecule has 120 valence electrons. The van der Waals surface area contributed by atoms with Gasteiger partial charge in [-0.25, -0.2) is 13.1 Å². The summed E-state index contributed by atoms with van der Waals surface area (Å²) in [7, 11) is -2.24. The van der Waals surface area contributed by atoms with Crippen LogP contribution in [0, 0.1) is 5.92 Å². The van der Waals surface area contributed by atoms with Crippen LogP contribution < -0.4 is 15.2 Å². The Balaban J connectivity index is 3.05. The van der Waals surface area contributed by atoms with Gasteiger partial charge >= 0.3 is 0 Å². The average Bonchev–Trinajstić information content (AvgIpc) is 2.40. The Labute approximate surface area is 135 Å². The van der Waals surface area contributed by atoms with Gasteiger partial charge in [0.05, 0.1) is 7.11 Å². The number of nitrogens with two attached hydrogens (primary N) is 1. The fourth-order valence-corrected chi connectivity index (χ4v) is 3.83. The van der Waals surface area contributed by atoms with E-state index < -0.39 is 10.0 Å². The van der Waals surface area contributed by atoms with Gasteiger partial charge in [0.25, 0.3) is 0 Å². The lowest BCUT2D eigenvalue weighted by Crippen LogP contribution is -2.34. The molecule has 5 nitrogen and oxygen atoms in total. The Bertz CT molecular complexity index is 590. The molecule has 0 aliphatic rings. The van der Waals surface area contributed by atoms with Crippen LogP contribution in [0.1, 0.15) is 33.6 Å². The average molecular weight is 379 g/mol. The predicted octanol–water partition coefficient (Wildman–Crippen LogP) is 3.14. The highest BCUT2D eigenvalue weighted by Crippen LogP contribution is 2.32. The number of nitrogen functional groups attached to an aromatic ring is 1. The third-order valence-electron chi connectivity index (χ3n) is 3.38. The van der Waals surface area contributed by atoms with E-state index in [9.17, 15) is 8.42 Å². The van der Waals surface area contributed by atoms with Gasteiger partial charge in [-0.15, -0.1) is 0 Å². The molecule has 0 saturated heterocycles. The molecule has 2 atom stereocenters. The van der Waals surface area contributed by atoms with Crippen LogP contribution in [-0.2, 0) is 10.0 Å². The van der Waals surface area contributed by atoms with Crippen LogP contribution in [0.4, 0.5) is 5.69 Å². The highest BCUT2D eigenvalue weighted by atomic mass is 79.9. The maximum absolute atomic E-state index is 12.5. The van der Waals surface area contributed by atoms with Crippen LogP contribution in [0.5, 0.6) is 5.75 Å². The number of halogens is 1. The van der Waals surface area contributed by atoms with Crippen LogP contribution in [0.2, 0.25) is 0 Å². The Morgan fingerprint density at radius 1 is 1.38 bits per heavy atom. The molecule has 0 aromatic heterocycles. The standard InChI is InChI=1S/C14H23BrN2O3S/c1-5-9(2)6-10(3)17-21(18,19)14-8-12(16)11(15)7-13(14)20-4/h7-10,17H,5-6,16H2,1-4H3. The van der Waals surface area contributed by atoms with Gasteiger partial charge in [-0.3, -0.25) is 0 Å². The minimum Gasteiger partial charge on any atom is -0.495 e. The molecule has 2 unspecified atom stereocenters. The van der Waals surface area contributed by atoms with E-state index >= 15 is 0 Å². The van der Waals surface area contributed by atoms with E-state index in [1.165, 1.54) is 13.2 Å². The van der Waals surface area contributed by atoms with Crippen LogP contribution >= 0.6 is 15.9 Å². The van der Waals surface area contributed by atoms with Gasteiger partial charge < -0.3 is 10.5 Å². The largest absolute Gasteiger partial charge is 0.495 e. The maximum atomic E-state index is 12.5. The predicted molar refractivity (Wildman–Crippen MR) is 89.0 cm³/mol. The molecule has 0 heterocycles. The molecule has 0 aliphatic heterocycles. The molecule has 1 aromatic carbocycles. The lowest BCUT2D eigenvalue weighted by molar-refractivity contribution is 0.401. The first-order valence-electron chi connectivity index (χ1n) is 6.86. The van der Waals surface area contributed by atoms with Crippen LogP contribution in [0.25, 0.3) is 0 Å². The summed E-state index contributed by atoms with van der Waals surface area (Å²) in [5.41, 5.74) is 6.13. The molecule has 0 radical (unpaired) electrons. The lowest BCUT2D eigenvalue weighted by atomic mass is 10.0. The zero-order valence-corrected chi connectivity index (χ0v) is 15.2. The van der Waals surface area contributed by atoms with Crippen molar-refractivity contribution in [1.29, 1.82) is 0 Å². The Morgan fingerprint density at radius 3 is 2.52 bits per heavy atom. The maximum Gasteiger partial charge on any atom is 0.244 e. The minimum absolute atomic E-state index is 0.0571. The summed E-state index contributed by atoms with van der Waals surface area (Å²) < 4.78 is 33.4. The first-order chi connectivity index (χ1) is 9.71. The van der Waals surface area contributed by atoms with Crippen molar-refractivity contribution < 1.29 is 13.2 Å². The van der Waals surface area contributed by atoms with Gasteiger partial charge in [-0.1, -0.05) is 20.3 Å². The monoisotopic (exact) mass is 378 g/mol. The van der Waals surface area contributed by atoms with Gasteiger partial charge in [0.1, 0.15) is 10.6 Å². The normalized spacial score (nSPS) is 14.7. The molecule has 1 aromatic rings. The van der Waals surface area contributed by atoms with E-state index in [0.29, 0.717) is 16.1 Å². The van der Waals surface area contributed by atoms with E-state index in [4.69, 9.17) is 10.5 Å². The summed E-state index contributed by atoms with van der Waals surface area (Å²) in [5.74, 6) is 0.721. The number of sulfonamides is 1. The summed E-state index contributed by atoms with van der Waals surface area (Å²) in [6.07, 6.45) is 1.80. The van der Waals surface area contributed by atoms with E-state index in [1.54, 1.807) is 6.07 Å². The molecule has 0 bridgehead atoms. The zero-order chi connectivity index (χ0) is 16.2. The molecule has 0 aliphatic carbocycles. The van der Waals surface area contributed by atoms with Crippen LogP contribution in [0.15, 0.2) is 21.5 Å². The number of methoxy groups -OCH3 is 1. The molecule has 3 N–H and O–H groups in total. The van der Waals surface area contributed by atoms with Crippen molar-refractivity contribution in [3.63, 3.8) is 0 Å². The second-order valence-electron chi connectivity index (χ2n) is 5.30. The van der Waals surface area contributed by atoms with Gasteiger partial charge in [0.15, 0.2) is 0 Å². The highest BCUT2D eigenvalue weighted by molar-refractivity contribution is 9.10. The molecule has 21 heavy (non-hydrogen) atoms. The van der Waals surface area contributed by atoms with Crippen molar-refractivity contribution in [3.05, 3.63) is 16.6 Å². The first kappa shape index (κ1) is 18.3. The van der Waals surface area contributed by atoms with Gasteiger partial charge in [0, 0.05) is 16.2 Å². The summed E-state index contributed by atoms with van der Waals surface area (Å²) in [5, 5.41) is 0. The fourth-order valence-electron chi connectivity index (χ4n) is 2.07. The minimum atomic E-state index is -3.67. The number of nitrogens with one attached hydrogen (secondary N) is 1. The highest BCUT2D eigenvalue weighted by Gasteiger charge is 2.23. The van der Waals surface area contributed by atoms with Gasteiger partial charge in [-0.2, -0.15) is 0 Å². The molecule has 1 rings (SSSR count). The quantitative estimate of drug-likeness (QED) is 0.713. The molecular weight excluding hydrogens is 356 g/mol. The number of benzene rings is 1. The summed E-state index contributed by atoms with van der Waals surface area (Å²) in [6, 6.07) is 2.81. The van der Waals surface area contributed by atoms with E-state index in [-0.39, 0.29) is 16.7 Å². The van der Waals surface area contributed by atoms with Crippen molar-refractivity contribution >= 4 is 31.6 Å². The second kappa shape index (κ2) is 7.47. The molecule has 7 heteroatoms. The summed E-state index contributed by atoms with van der Waals surface area (Å²) in [4.78, 5) is 0.0571. The van der Waals surface area contributed by atoms with E-state index in [2.05, 4.69) is 34.5 Å². The number of rotatable bonds is 7. The Morgan fingerprint density at radius 2 is 2.00 bits per heavy atom. The lowest BCUT2D eigenvalue weighted by Gasteiger charge is -2.19. The SMILES string of the molecule is CCC(C)CC(C)NS(=O)(=O)c1cc(N)c(Br)cc1OC. The van der Waals surface area contributed by atoms with Crippen molar-refractivity contribution in [1.82, 2.24) is 4.72 Å². The van der Waals surface area contributed by atoms with Crippen molar-refractivity contribution in [2.75, 3.05) is 12.8 Å². The van der Waals surface area contributed by atoms with Crippen molar-refractivity contribution in [3.8, 4) is 5.75 Å². The smallest absolute Gasteiger partial charge is 0.244 e. The topological polar surface area (TPSA) is 81.4 Å². The second-order valence-corrected chi connectivity index (χ2v) is 7.83. The molecule has 0 amide bonds. The van der Waals surface area contributed by atoms with Crippen molar-refractivity contribution in [2.45, 2.75) is 44.6 Å². The third kappa shape index (κ3) is 4.86. The van der Waals surface area contributed by atoms with E-state index in [1.807, 2.05) is 6.92 Å². The molecule has 0 spiro atoms. The number of hydrogen-bond donors (Lipinski definition) is 2. The van der Waals surface area contributed by atoms with Crippen LogP contribution in [-0.4, -0.2) is 21.6 Å². The third-order valence-corrected chi connectivity index (χ3v) is 5.68. The number of anilines is 1. The molecule has 0 fully saturated rings. The Kier molecular flexibility index (Phi) is 6.49. The molecule has 0 saturated carbocycles. The van der Waals surface area contributed by atoms with E-state index in [0.717, 1.165) is 12.8 Å². The fraction of sp³-hybridized carbons (Fsp3) is 0.571. The van der Waals surface area contributed by atoms with Gasteiger partial charge in [0.2, 0.25) is 10.0 Å². The van der Waals surface area contributed by atoms with Crippen molar-refractivity contribution in [2.24, 2.45) is 5.92 Å². The summed E-state index contributed by atoms with van der Waals surface area (Å²) in [6.45, 7) is 6.05. The summed E-state index contributed by atoms with van der Waals surface area (Å²) >= 11 is 3.26. The molecular formula is C14H23BrN2O3S. The first-order valence-corrected chi connectivity index (χ1v) is 9.14. The Hall–Kier alpha value is -0.790. The number of ether oxygens (including phenoxy) is 1. The van der Waals surface area contributed by atoms with Crippen LogP contribution in [0.3, 0.4) is 0 Å². The number of hydrogen-bond acceptors (Lipinski definition) is 4. The van der Waals surface area contributed by atoms with Gasteiger partial charge in [-0.05, 0) is 47.3 Å².